The van der Waals surface area contributed by atoms with Crippen molar-refractivity contribution in [2.24, 2.45) is 5.41 Å². The lowest BCUT2D eigenvalue weighted by molar-refractivity contribution is -0.128. The van der Waals surface area contributed by atoms with Crippen molar-refractivity contribution in [2.75, 3.05) is 0 Å². The Morgan fingerprint density at radius 3 is 1.92 bits per heavy atom. The van der Waals surface area contributed by atoms with Crippen LogP contribution in [0.3, 0.4) is 0 Å². The summed E-state index contributed by atoms with van der Waals surface area (Å²) in [6.45, 7) is 5.25. The third kappa shape index (κ3) is 5.06. The highest BCUT2D eigenvalue weighted by molar-refractivity contribution is 6.68. The van der Waals surface area contributed by atoms with E-state index in [1.54, 1.807) is 20.8 Å². The molecular weight excluding hydrogens is 234 g/mol. The summed E-state index contributed by atoms with van der Waals surface area (Å²) < 4.78 is -1.79. The largest absolute Gasteiger partial charge is 0.388 e. The van der Waals surface area contributed by atoms with Gasteiger partial charge in [0.15, 0.2) is 0 Å². The average molecular weight is 248 g/mol. The predicted molar refractivity (Wildman–Crippen MR) is 55.4 cm³/mol. The lowest BCUT2D eigenvalue weighted by atomic mass is 9.88. The number of carbonyl (C=O) groups is 1. The fraction of sp³-hybridized carbons (Fsp3) is 0.875. The zero-order valence-electron chi connectivity index (χ0n) is 7.77. The highest BCUT2D eigenvalue weighted by atomic mass is 35.6. The molecule has 0 saturated carbocycles. The summed E-state index contributed by atoms with van der Waals surface area (Å²) in [7, 11) is 0. The van der Waals surface area contributed by atoms with Gasteiger partial charge in [0.25, 0.3) is 0 Å². The molecule has 0 heterocycles. The lowest BCUT2D eigenvalue weighted by Gasteiger charge is -2.22. The van der Waals surface area contributed by atoms with Crippen molar-refractivity contribution in [1.82, 2.24) is 0 Å². The summed E-state index contributed by atoms with van der Waals surface area (Å²) in [4.78, 5) is 11.4. The van der Waals surface area contributed by atoms with Crippen LogP contribution < -0.4 is 0 Å². The third-order valence-corrected chi connectivity index (χ3v) is 2.35. The van der Waals surface area contributed by atoms with Crippen LogP contribution in [0.25, 0.3) is 0 Å². The van der Waals surface area contributed by atoms with Gasteiger partial charge in [0.2, 0.25) is 3.79 Å². The standard InChI is InChI=1S/C8H13Cl3O2/c1-7(2,3)5(12)4-6(13)8(9,10)11/h6,13H,4H2,1-3H3/t6-/m0/s1. The van der Waals surface area contributed by atoms with Crippen LogP contribution in [0.15, 0.2) is 0 Å². The molecule has 0 saturated heterocycles. The second-order valence-corrected chi connectivity index (χ2v) is 6.30. The molecule has 13 heavy (non-hydrogen) atoms. The molecule has 78 valence electrons. The summed E-state index contributed by atoms with van der Waals surface area (Å²) in [6, 6.07) is 0. The molecule has 2 nitrogen and oxygen atoms in total. The van der Waals surface area contributed by atoms with E-state index in [1.165, 1.54) is 0 Å². The topological polar surface area (TPSA) is 37.3 Å². The molecule has 0 aromatic carbocycles. The van der Waals surface area contributed by atoms with Crippen molar-refractivity contribution >= 4 is 40.6 Å². The van der Waals surface area contributed by atoms with Gasteiger partial charge in [0, 0.05) is 11.8 Å². The van der Waals surface area contributed by atoms with Crippen LogP contribution in [0.2, 0.25) is 0 Å². The van der Waals surface area contributed by atoms with Crippen LogP contribution in [0.4, 0.5) is 0 Å². The fourth-order valence-electron chi connectivity index (χ4n) is 0.598. The highest BCUT2D eigenvalue weighted by Gasteiger charge is 2.35. The number of aliphatic hydroxyl groups excluding tert-OH is 1. The minimum absolute atomic E-state index is 0.133. The number of carbonyl (C=O) groups excluding carboxylic acids is 1. The van der Waals surface area contributed by atoms with Crippen LogP contribution in [0.5, 0.6) is 0 Å². The molecule has 0 aliphatic rings. The molecule has 5 heteroatoms. The molecule has 0 spiro atoms. The van der Waals surface area contributed by atoms with Crippen molar-refractivity contribution in [2.45, 2.75) is 37.1 Å². The Labute approximate surface area is 93.2 Å². The van der Waals surface area contributed by atoms with Gasteiger partial charge >= 0.3 is 0 Å². The molecular formula is C8H13Cl3O2. The maximum atomic E-state index is 11.4. The van der Waals surface area contributed by atoms with E-state index in [0.717, 1.165) is 0 Å². The smallest absolute Gasteiger partial charge is 0.216 e. The second-order valence-electron chi connectivity index (χ2n) is 3.93. The molecule has 0 aliphatic carbocycles. The van der Waals surface area contributed by atoms with Gasteiger partial charge in [-0.25, -0.2) is 0 Å². The first-order valence-electron chi connectivity index (χ1n) is 3.83. The van der Waals surface area contributed by atoms with Crippen LogP contribution >= 0.6 is 34.8 Å². The average Bonchev–Trinajstić information content (AvgIpc) is 1.82. The van der Waals surface area contributed by atoms with Gasteiger partial charge in [-0.1, -0.05) is 55.6 Å². The first kappa shape index (κ1) is 13.5. The highest BCUT2D eigenvalue weighted by Crippen LogP contribution is 2.33. The van der Waals surface area contributed by atoms with Gasteiger partial charge in [-0.15, -0.1) is 0 Å². The Bertz CT molecular complexity index is 191. The Balaban J connectivity index is 4.24. The molecule has 1 atom stereocenters. The molecule has 0 fully saturated rings. The molecule has 0 amide bonds. The summed E-state index contributed by atoms with van der Waals surface area (Å²) >= 11 is 16.2. The zero-order valence-corrected chi connectivity index (χ0v) is 10.0. The molecule has 0 aliphatic heterocycles. The number of aliphatic hydroxyl groups is 1. The Morgan fingerprint density at radius 2 is 1.69 bits per heavy atom. The summed E-state index contributed by atoms with van der Waals surface area (Å²) in [5, 5.41) is 9.30. The van der Waals surface area contributed by atoms with E-state index in [1.807, 2.05) is 0 Å². The Morgan fingerprint density at radius 1 is 1.31 bits per heavy atom. The lowest BCUT2D eigenvalue weighted by Crippen LogP contribution is -2.32. The van der Waals surface area contributed by atoms with E-state index in [0.29, 0.717) is 0 Å². The fourth-order valence-corrected chi connectivity index (χ4v) is 0.829. The van der Waals surface area contributed by atoms with Gasteiger partial charge in [-0.2, -0.15) is 0 Å². The van der Waals surface area contributed by atoms with Crippen LogP contribution in [0, 0.1) is 5.41 Å². The summed E-state index contributed by atoms with van der Waals surface area (Å²) in [5.41, 5.74) is -0.517. The Hall–Kier alpha value is 0.500. The quantitative estimate of drug-likeness (QED) is 0.762. The van der Waals surface area contributed by atoms with Crippen molar-refractivity contribution in [3.63, 3.8) is 0 Å². The number of hydrogen-bond acceptors (Lipinski definition) is 2. The number of alkyl halides is 3. The number of rotatable bonds is 2. The normalized spacial score (nSPS) is 15.6. The van der Waals surface area contributed by atoms with E-state index in [9.17, 15) is 9.90 Å². The second kappa shape index (κ2) is 4.35. The van der Waals surface area contributed by atoms with E-state index >= 15 is 0 Å². The van der Waals surface area contributed by atoms with Gasteiger partial charge < -0.3 is 5.11 Å². The van der Waals surface area contributed by atoms with E-state index in [4.69, 9.17) is 34.8 Å². The zero-order chi connectivity index (χ0) is 10.9. The third-order valence-electron chi connectivity index (χ3n) is 1.59. The predicted octanol–water partition coefficient (Wildman–Crippen LogP) is 2.72. The molecule has 1 N–H and O–H groups in total. The maximum Gasteiger partial charge on any atom is 0.216 e. The minimum atomic E-state index is -1.79. The van der Waals surface area contributed by atoms with Crippen LogP contribution in [-0.4, -0.2) is 20.8 Å². The maximum absolute atomic E-state index is 11.4. The minimum Gasteiger partial charge on any atom is -0.388 e. The van der Waals surface area contributed by atoms with Gasteiger partial charge in [0.1, 0.15) is 11.9 Å². The van der Waals surface area contributed by atoms with Crippen molar-refractivity contribution in [3.05, 3.63) is 0 Å². The van der Waals surface area contributed by atoms with Gasteiger partial charge in [-0.05, 0) is 0 Å². The molecule has 0 aromatic heterocycles. The first-order valence-corrected chi connectivity index (χ1v) is 4.96. The summed E-state index contributed by atoms with van der Waals surface area (Å²) in [5.74, 6) is -0.133. The van der Waals surface area contributed by atoms with Gasteiger partial charge in [0.05, 0.1) is 0 Å². The van der Waals surface area contributed by atoms with Crippen LogP contribution in [-0.2, 0) is 4.79 Å². The van der Waals surface area contributed by atoms with Crippen molar-refractivity contribution in [3.8, 4) is 0 Å². The van der Waals surface area contributed by atoms with Gasteiger partial charge in [-0.3, -0.25) is 4.79 Å². The molecule has 0 unspecified atom stereocenters. The Kier molecular flexibility index (Phi) is 4.51. The van der Waals surface area contributed by atoms with Crippen molar-refractivity contribution < 1.29 is 9.90 Å². The number of halogens is 3. The van der Waals surface area contributed by atoms with Crippen molar-refractivity contribution in [1.29, 1.82) is 0 Å². The molecule has 0 aromatic rings. The van der Waals surface area contributed by atoms with Crippen LogP contribution in [0.1, 0.15) is 27.2 Å². The number of ketones is 1. The molecule has 0 bridgehead atoms. The molecule has 0 rings (SSSR count). The van der Waals surface area contributed by atoms with E-state index in [2.05, 4.69) is 0 Å². The number of hydrogen-bond donors (Lipinski definition) is 1. The first-order chi connectivity index (χ1) is 5.55. The molecule has 0 radical (unpaired) electrons. The summed E-state index contributed by atoms with van der Waals surface area (Å²) in [6.07, 6.45) is -1.38. The number of Topliss-reactive ketones (excluding diaryl/α,β-unsaturated/α-hetero) is 1. The van der Waals surface area contributed by atoms with E-state index in [-0.39, 0.29) is 12.2 Å². The monoisotopic (exact) mass is 246 g/mol. The van der Waals surface area contributed by atoms with E-state index < -0.39 is 15.3 Å². The SMILES string of the molecule is CC(C)(C)C(=O)C[C@H](O)C(Cl)(Cl)Cl.